The zero-order chi connectivity index (χ0) is 15.0. The van der Waals surface area contributed by atoms with E-state index >= 15 is 0 Å². The van der Waals surface area contributed by atoms with E-state index in [4.69, 9.17) is 28.9 Å². The van der Waals surface area contributed by atoms with E-state index in [0.29, 0.717) is 32.8 Å². The molecule has 0 aliphatic heterocycles. The van der Waals surface area contributed by atoms with Gasteiger partial charge in [0.2, 0.25) is 11.9 Å². The Bertz CT molecular complexity index is 824. The van der Waals surface area contributed by atoms with Gasteiger partial charge >= 0.3 is 0 Å². The maximum atomic E-state index is 11.2. The maximum absolute atomic E-state index is 11.2. The second kappa shape index (κ2) is 5.27. The van der Waals surface area contributed by atoms with Crippen molar-refractivity contribution in [3.63, 3.8) is 0 Å². The van der Waals surface area contributed by atoms with Gasteiger partial charge in [-0.3, -0.25) is 4.79 Å². The van der Waals surface area contributed by atoms with Crippen molar-refractivity contribution in [2.75, 3.05) is 5.32 Å². The number of primary amides is 1. The fraction of sp³-hybridized carbons (Fsp3) is 0. The normalized spacial score (nSPS) is 10.8. The number of amides is 1. The number of aromatic amines is 1. The Morgan fingerprint density at radius 1 is 1.19 bits per heavy atom. The van der Waals surface area contributed by atoms with Gasteiger partial charge in [-0.1, -0.05) is 29.3 Å². The van der Waals surface area contributed by atoms with E-state index < -0.39 is 5.91 Å². The summed E-state index contributed by atoms with van der Waals surface area (Å²) >= 11 is 12.2. The van der Waals surface area contributed by atoms with Crippen LogP contribution in [-0.4, -0.2) is 15.9 Å². The minimum absolute atomic E-state index is 0.399. The van der Waals surface area contributed by atoms with Gasteiger partial charge in [0, 0.05) is 5.56 Å². The molecule has 0 bridgehead atoms. The van der Waals surface area contributed by atoms with Crippen molar-refractivity contribution in [2.24, 2.45) is 5.73 Å². The van der Waals surface area contributed by atoms with Gasteiger partial charge in [0.05, 0.1) is 26.8 Å². The lowest BCUT2D eigenvalue weighted by Crippen LogP contribution is -2.10. The van der Waals surface area contributed by atoms with E-state index in [1.807, 2.05) is 0 Å². The Morgan fingerprint density at radius 2 is 1.90 bits per heavy atom. The van der Waals surface area contributed by atoms with Crippen LogP contribution in [-0.2, 0) is 0 Å². The van der Waals surface area contributed by atoms with E-state index in [1.165, 1.54) is 0 Å². The molecule has 0 saturated carbocycles. The van der Waals surface area contributed by atoms with Crippen LogP contribution in [0.25, 0.3) is 11.0 Å². The van der Waals surface area contributed by atoms with Crippen molar-refractivity contribution in [3.8, 4) is 0 Å². The predicted octanol–water partition coefficient (Wildman–Crippen LogP) is 3.71. The molecule has 0 radical (unpaired) electrons. The third kappa shape index (κ3) is 2.66. The molecule has 1 amide bonds. The largest absolute Gasteiger partial charge is 0.366 e. The zero-order valence-electron chi connectivity index (χ0n) is 10.7. The first-order valence-corrected chi connectivity index (χ1v) is 6.81. The van der Waals surface area contributed by atoms with E-state index in [1.54, 1.807) is 36.4 Å². The SMILES string of the molecule is NC(=O)c1ccc2[nH]c(Nc3c(Cl)cccc3Cl)nc2c1. The summed E-state index contributed by atoms with van der Waals surface area (Å²) in [4.78, 5) is 18.6. The third-order valence-corrected chi connectivity index (χ3v) is 3.60. The minimum Gasteiger partial charge on any atom is -0.366 e. The molecule has 0 saturated heterocycles. The molecule has 0 unspecified atom stereocenters. The summed E-state index contributed by atoms with van der Waals surface area (Å²) in [6, 6.07) is 10.2. The summed E-state index contributed by atoms with van der Waals surface area (Å²) < 4.78 is 0. The third-order valence-electron chi connectivity index (χ3n) is 2.97. The smallest absolute Gasteiger partial charge is 0.248 e. The van der Waals surface area contributed by atoms with E-state index in [0.717, 1.165) is 5.52 Å². The van der Waals surface area contributed by atoms with Crippen molar-refractivity contribution in [1.29, 1.82) is 0 Å². The van der Waals surface area contributed by atoms with Crippen LogP contribution in [0.4, 0.5) is 11.6 Å². The molecule has 2 aromatic carbocycles. The Labute approximate surface area is 130 Å². The second-order valence-corrected chi connectivity index (χ2v) is 5.22. The van der Waals surface area contributed by atoms with Gasteiger partial charge in [-0.2, -0.15) is 0 Å². The van der Waals surface area contributed by atoms with Gasteiger partial charge in [0.25, 0.3) is 0 Å². The standard InChI is InChI=1S/C14H10Cl2N4O/c15-8-2-1-3-9(16)12(8)20-14-18-10-5-4-7(13(17)21)6-11(10)19-14/h1-6H,(H2,17,21)(H2,18,19,20). The highest BCUT2D eigenvalue weighted by Crippen LogP contribution is 2.32. The van der Waals surface area contributed by atoms with Gasteiger partial charge in [-0.25, -0.2) is 4.98 Å². The fourth-order valence-electron chi connectivity index (χ4n) is 1.95. The highest BCUT2D eigenvalue weighted by Gasteiger charge is 2.10. The number of H-pyrrole nitrogens is 1. The number of para-hydroxylation sites is 1. The number of imidazole rings is 1. The van der Waals surface area contributed by atoms with Crippen LogP contribution in [0.1, 0.15) is 10.4 Å². The number of nitrogens with zero attached hydrogens (tertiary/aromatic N) is 1. The number of carbonyl (C=O) groups is 1. The number of hydrogen-bond acceptors (Lipinski definition) is 3. The molecule has 0 spiro atoms. The molecule has 1 aromatic heterocycles. The number of aromatic nitrogens is 2. The quantitative estimate of drug-likeness (QED) is 0.687. The average Bonchev–Trinajstić information content (AvgIpc) is 2.84. The number of fused-ring (bicyclic) bond motifs is 1. The van der Waals surface area contributed by atoms with Gasteiger partial charge < -0.3 is 16.0 Å². The Kier molecular flexibility index (Phi) is 3.45. The lowest BCUT2D eigenvalue weighted by Gasteiger charge is -2.06. The number of rotatable bonds is 3. The van der Waals surface area contributed by atoms with Crippen LogP contribution >= 0.6 is 23.2 Å². The number of halogens is 2. The number of carbonyl (C=O) groups excluding carboxylic acids is 1. The summed E-state index contributed by atoms with van der Waals surface area (Å²) in [7, 11) is 0. The first-order chi connectivity index (χ1) is 10.0. The van der Waals surface area contributed by atoms with Crippen molar-refractivity contribution in [2.45, 2.75) is 0 Å². The summed E-state index contributed by atoms with van der Waals surface area (Å²) in [5.74, 6) is -0.0230. The van der Waals surface area contributed by atoms with Gasteiger partial charge in [0.1, 0.15) is 0 Å². The zero-order valence-corrected chi connectivity index (χ0v) is 12.2. The molecule has 0 atom stereocenters. The Hall–Kier alpha value is -2.24. The molecule has 5 nitrogen and oxygen atoms in total. The van der Waals surface area contributed by atoms with Crippen molar-refractivity contribution in [3.05, 3.63) is 52.0 Å². The molecule has 3 aromatic rings. The van der Waals surface area contributed by atoms with Crippen LogP contribution < -0.4 is 11.1 Å². The first-order valence-electron chi connectivity index (χ1n) is 6.05. The Balaban J connectivity index is 2.00. The van der Waals surface area contributed by atoms with Gasteiger partial charge in [-0.15, -0.1) is 0 Å². The molecule has 0 aliphatic carbocycles. The highest BCUT2D eigenvalue weighted by molar-refractivity contribution is 6.39. The molecule has 106 valence electrons. The molecule has 0 fully saturated rings. The number of anilines is 2. The van der Waals surface area contributed by atoms with Crippen LogP contribution in [0.3, 0.4) is 0 Å². The fourth-order valence-corrected chi connectivity index (χ4v) is 2.45. The lowest BCUT2D eigenvalue weighted by molar-refractivity contribution is 0.100. The summed E-state index contributed by atoms with van der Waals surface area (Å²) in [6.07, 6.45) is 0. The van der Waals surface area contributed by atoms with Crippen LogP contribution in [0.2, 0.25) is 10.0 Å². The number of nitrogens with two attached hydrogens (primary N) is 1. The lowest BCUT2D eigenvalue weighted by atomic mass is 10.2. The van der Waals surface area contributed by atoms with Crippen LogP contribution in [0.5, 0.6) is 0 Å². The number of benzene rings is 2. The van der Waals surface area contributed by atoms with Crippen LogP contribution in [0.15, 0.2) is 36.4 Å². The topological polar surface area (TPSA) is 83.8 Å². The molecule has 4 N–H and O–H groups in total. The van der Waals surface area contributed by atoms with Crippen molar-refractivity contribution < 1.29 is 4.79 Å². The first kappa shape index (κ1) is 13.7. The Morgan fingerprint density at radius 3 is 2.57 bits per heavy atom. The second-order valence-electron chi connectivity index (χ2n) is 4.40. The van der Waals surface area contributed by atoms with Crippen molar-refractivity contribution in [1.82, 2.24) is 9.97 Å². The molecule has 0 aliphatic rings. The van der Waals surface area contributed by atoms with Gasteiger partial charge in [-0.05, 0) is 30.3 Å². The van der Waals surface area contributed by atoms with Crippen molar-refractivity contribution >= 4 is 51.8 Å². The minimum atomic E-state index is -0.497. The predicted molar refractivity (Wildman–Crippen MR) is 84.4 cm³/mol. The highest BCUT2D eigenvalue weighted by atomic mass is 35.5. The number of hydrogen-bond donors (Lipinski definition) is 3. The van der Waals surface area contributed by atoms with Gasteiger partial charge in [0.15, 0.2) is 0 Å². The molecule has 21 heavy (non-hydrogen) atoms. The molecule has 3 rings (SSSR count). The summed E-state index contributed by atoms with van der Waals surface area (Å²) in [5, 5.41) is 4.01. The number of nitrogens with one attached hydrogen (secondary N) is 2. The molecule has 1 heterocycles. The molecular weight excluding hydrogens is 311 g/mol. The molecular formula is C14H10Cl2N4O. The monoisotopic (exact) mass is 320 g/mol. The molecule has 7 heteroatoms. The van der Waals surface area contributed by atoms with E-state index in [9.17, 15) is 4.79 Å². The maximum Gasteiger partial charge on any atom is 0.248 e. The van der Waals surface area contributed by atoms with E-state index in [-0.39, 0.29) is 0 Å². The van der Waals surface area contributed by atoms with Crippen LogP contribution in [0, 0.1) is 0 Å². The average molecular weight is 321 g/mol. The summed E-state index contributed by atoms with van der Waals surface area (Å²) in [5.41, 5.74) is 7.60. The summed E-state index contributed by atoms with van der Waals surface area (Å²) in [6.45, 7) is 0. The van der Waals surface area contributed by atoms with E-state index in [2.05, 4.69) is 15.3 Å².